The first kappa shape index (κ1) is 24.2. The van der Waals surface area contributed by atoms with Gasteiger partial charge in [-0.15, -0.1) is 0 Å². The van der Waals surface area contributed by atoms with Gasteiger partial charge in [0, 0.05) is 44.2 Å². The molecule has 0 aromatic heterocycles. The van der Waals surface area contributed by atoms with Crippen LogP contribution in [-0.4, -0.2) is 76.2 Å². The van der Waals surface area contributed by atoms with Crippen LogP contribution in [0.2, 0.25) is 0 Å². The number of piperidine rings is 1. The highest BCUT2D eigenvalue weighted by Crippen LogP contribution is 2.35. The Hall–Kier alpha value is -2.90. The maximum absolute atomic E-state index is 13.1. The van der Waals surface area contributed by atoms with Crippen LogP contribution >= 0.6 is 0 Å². The molecule has 3 fully saturated rings. The van der Waals surface area contributed by atoms with E-state index in [1.165, 1.54) is 4.90 Å². The molecule has 3 aliphatic rings. The molecule has 2 heterocycles. The predicted molar refractivity (Wildman–Crippen MR) is 128 cm³/mol. The number of carbonyl (C=O) groups is 4. The second kappa shape index (κ2) is 10.6. The minimum atomic E-state index is -0.694. The molecule has 1 spiro atoms. The van der Waals surface area contributed by atoms with Gasteiger partial charge in [-0.05, 0) is 50.7 Å². The first-order chi connectivity index (χ1) is 16.4. The summed E-state index contributed by atoms with van der Waals surface area (Å²) in [7, 11) is 0. The smallest absolute Gasteiger partial charge is 0.325 e. The fraction of sp³-hybridized carbons (Fsp3) is 0.615. The molecule has 4 rings (SSSR count). The van der Waals surface area contributed by atoms with E-state index in [1.807, 2.05) is 40.1 Å². The van der Waals surface area contributed by atoms with Gasteiger partial charge in [0.2, 0.25) is 5.91 Å². The van der Waals surface area contributed by atoms with Crippen molar-refractivity contribution in [1.82, 2.24) is 20.0 Å². The average Bonchev–Trinajstić information content (AvgIpc) is 3.42. The minimum Gasteiger partial charge on any atom is -0.340 e. The number of amides is 5. The third kappa shape index (κ3) is 4.95. The Morgan fingerprint density at radius 3 is 2.41 bits per heavy atom. The molecule has 0 radical (unpaired) electrons. The molecule has 8 heteroatoms. The average molecular weight is 469 g/mol. The third-order valence-electron chi connectivity index (χ3n) is 7.47. The van der Waals surface area contributed by atoms with Crippen molar-refractivity contribution in [2.24, 2.45) is 0 Å². The van der Waals surface area contributed by atoms with Crippen LogP contribution in [0.15, 0.2) is 30.3 Å². The van der Waals surface area contributed by atoms with Crippen LogP contribution < -0.4 is 5.32 Å². The molecule has 1 aromatic rings. The quantitative estimate of drug-likeness (QED) is 0.594. The molecule has 2 saturated heterocycles. The Morgan fingerprint density at radius 2 is 1.76 bits per heavy atom. The van der Waals surface area contributed by atoms with Crippen LogP contribution in [-0.2, 0) is 9.59 Å². The molecule has 34 heavy (non-hydrogen) atoms. The number of hydrogen-bond acceptors (Lipinski definition) is 4. The summed E-state index contributed by atoms with van der Waals surface area (Å²) in [5.74, 6) is -0.0124. The van der Waals surface area contributed by atoms with Crippen molar-refractivity contribution in [3.05, 3.63) is 35.9 Å². The second-order valence-corrected chi connectivity index (χ2v) is 9.76. The maximum atomic E-state index is 13.1. The monoisotopic (exact) mass is 468 g/mol. The van der Waals surface area contributed by atoms with Gasteiger partial charge in [-0.1, -0.05) is 38.0 Å². The van der Waals surface area contributed by atoms with Crippen molar-refractivity contribution in [1.29, 1.82) is 0 Å². The highest BCUT2D eigenvalue weighted by Gasteiger charge is 2.52. The van der Waals surface area contributed by atoms with E-state index < -0.39 is 5.54 Å². The minimum absolute atomic E-state index is 0.0426. The molecule has 2 aliphatic heterocycles. The van der Waals surface area contributed by atoms with Crippen LogP contribution in [0, 0.1) is 0 Å². The Bertz CT molecular complexity index is 905. The van der Waals surface area contributed by atoms with Crippen LogP contribution in [0.25, 0.3) is 0 Å². The van der Waals surface area contributed by atoms with Gasteiger partial charge < -0.3 is 15.1 Å². The topological polar surface area (TPSA) is 90.0 Å². The van der Waals surface area contributed by atoms with Gasteiger partial charge in [0.05, 0.1) is 0 Å². The van der Waals surface area contributed by atoms with Gasteiger partial charge in [0.25, 0.3) is 11.8 Å². The van der Waals surface area contributed by atoms with Crippen LogP contribution in [0.5, 0.6) is 0 Å². The largest absolute Gasteiger partial charge is 0.340 e. The normalized spacial score (nSPS) is 20.1. The molecule has 1 aliphatic carbocycles. The number of rotatable bonds is 8. The summed E-state index contributed by atoms with van der Waals surface area (Å²) in [5.41, 5.74) is 0.00264. The fourth-order valence-corrected chi connectivity index (χ4v) is 5.62. The molecule has 0 bridgehead atoms. The number of nitrogens with zero attached hydrogens (tertiary/aromatic N) is 3. The Labute approximate surface area is 201 Å². The van der Waals surface area contributed by atoms with E-state index in [0.717, 1.165) is 32.1 Å². The first-order valence-electron chi connectivity index (χ1n) is 12.7. The van der Waals surface area contributed by atoms with Crippen LogP contribution in [0.4, 0.5) is 4.79 Å². The SMILES string of the molecule is CCCN(C(=O)CCCN1C(=O)NC2(CCCC2)C1=O)C1CCN(C(=O)c2ccccc2)CC1. The highest BCUT2D eigenvalue weighted by molar-refractivity contribution is 6.07. The van der Waals surface area contributed by atoms with Gasteiger partial charge in [0.15, 0.2) is 0 Å². The van der Waals surface area contributed by atoms with Crippen LogP contribution in [0.1, 0.15) is 75.1 Å². The lowest BCUT2D eigenvalue weighted by Crippen LogP contribution is -2.49. The summed E-state index contributed by atoms with van der Waals surface area (Å²) in [6.45, 7) is 4.29. The summed E-state index contributed by atoms with van der Waals surface area (Å²) in [5, 5.41) is 2.90. The third-order valence-corrected chi connectivity index (χ3v) is 7.47. The molecule has 1 N–H and O–H groups in total. The van der Waals surface area contributed by atoms with E-state index in [1.54, 1.807) is 0 Å². The zero-order valence-electron chi connectivity index (χ0n) is 20.1. The van der Waals surface area contributed by atoms with Crippen molar-refractivity contribution < 1.29 is 19.2 Å². The zero-order chi connectivity index (χ0) is 24.1. The van der Waals surface area contributed by atoms with Crippen molar-refractivity contribution in [2.45, 2.75) is 76.3 Å². The lowest BCUT2D eigenvalue weighted by Gasteiger charge is -2.38. The zero-order valence-corrected chi connectivity index (χ0v) is 20.1. The van der Waals surface area contributed by atoms with Gasteiger partial charge in [-0.25, -0.2) is 4.79 Å². The van der Waals surface area contributed by atoms with Gasteiger partial charge in [0.1, 0.15) is 5.54 Å². The molecule has 184 valence electrons. The molecule has 1 aromatic carbocycles. The van der Waals surface area contributed by atoms with Crippen molar-refractivity contribution in [3.63, 3.8) is 0 Å². The number of imide groups is 1. The Morgan fingerprint density at radius 1 is 1.09 bits per heavy atom. The number of hydrogen-bond donors (Lipinski definition) is 1. The van der Waals surface area contributed by atoms with Crippen LogP contribution in [0.3, 0.4) is 0 Å². The number of benzene rings is 1. The summed E-state index contributed by atoms with van der Waals surface area (Å²) >= 11 is 0. The molecular weight excluding hydrogens is 432 g/mol. The Balaban J connectivity index is 1.27. The van der Waals surface area contributed by atoms with Crippen molar-refractivity contribution >= 4 is 23.8 Å². The predicted octanol–water partition coefficient (Wildman–Crippen LogP) is 3.17. The molecule has 5 amide bonds. The van der Waals surface area contributed by atoms with Gasteiger partial charge in [-0.3, -0.25) is 19.3 Å². The fourth-order valence-electron chi connectivity index (χ4n) is 5.62. The second-order valence-electron chi connectivity index (χ2n) is 9.76. The Kier molecular flexibility index (Phi) is 7.54. The summed E-state index contributed by atoms with van der Waals surface area (Å²) in [6, 6.07) is 9.10. The van der Waals surface area contributed by atoms with E-state index in [-0.39, 0.29) is 36.3 Å². The standard InChI is InChI=1S/C26H36N4O4/c1-2-16-29(21-12-18-28(19-13-21)23(32)20-9-4-3-5-10-20)22(31)11-8-17-30-24(33)26(27-25(30)34)14-6-7-15-26/h3-5,9-10,21H,2,6-8,11-19H2,1H3,(H,27,34). The number of carbonyl (C=O) groups excluding carboxylic acids is 4. The van der Waals surface area contributed by atoms with E-state index in [9.17, 15) is 19.2 Å². The number of urea groups is 1. The molecular formula is C26H36N4O4. The molecule has 0 atom stereocenters. The summed E-state index contributed by atoms with van der Waals surface area (Å²) in [6.07, 6.45) is 6.52. The molecule has 0 unspecified atom stereocenters. The van der Waals surface area contributed by atoms with E-state index >= 15 is 0 Å². The number of likely N-dealkylation sites (tertiary alicyclic amines) is 1. The lowest BCUT2D eigenvalue weighted by molar-refractivity contribution is -0.135. The maximum Gasteiger partial charge on any atom is 0.325 e. The van der Waals surface area contributed by atoms with E-state index in [4.69, 9.17) is 0 Å². The summed E-state index contributed by atoms with van der Waals surface area (Å²) < 4.78 is 0. The first-order valence-corrected chi connectivity index (χ1v) is 12.7. The van der Waals surface area contributed by atoms with Crippen molar-refractivity contribution in [2.75, 3.05) is 26.2 Å². The highest BCUT2D eigenvalue weighted by atomic mass is 16.2. The van der Waals surface area contributed by atoms with E-state index in [0.29, 0.717) is 50.9 Å². The lowest BCUT2D eigenvalue weighted by atomic mass is 9.98. The molecule has 8 nitrogen and oxygen atoms in total. The summed E-state index contributed by atoms with van der Waals surface area (Å²) in [4.78, 5) is 56.1. The van der Waals surface area contributed by atoms with Gasteiger partial charge in [-0.2, -0.15) is 0 Å². The van der Waals surface area contributed by atoms with E-state index in [2.05, 4.69) is 12.2 Å². The van der Waals surface area contributed by atoms with Gasteiger partial charge >= 0.3 is 6.03 Å². The van der Waals surface area contributed by atoms with Crippen molar-refractivity contribution in [3.8, 4) is 0 Å². The number of nitrogens with one attached hydrogen (secondary N) is 1. The molecule has 1 saturated carbocycles.